The Morgan fingerprint density at radius 1 is 1.17 bits per heavy atom. The van der Waals surface area contributed by atoms with E-state index in [1.807, 2.05) is 0 Å². The van der Waals surface area contributed by atoms with Crippen molar-refractivity contribution in [3.05, 3.63) is 64.7 Å². The molecule has 2 aromatic rings. The topological polar surface area (TPSA) is 93.1 Å². The Labute approximate surface area is 133 Å². The Morgan fingerprint density at radius 3 is 2.48 bits per heavy atom. The van der Waals surface area contributed by atoms with E-state index in [4.69, 9.17) is 4.74 Å². The third-order valence-electron chi connectivity index (χ3n) is 3.43. The first-order chi connectivity index (χ1) is 11.0. The van der Waals surface area contributed by atoms with Crippen LogP contribution in [0.5, 0.6) is 0 Å². The molecule has 8 heteroatoms. The summed E-state index contributed by atoms with van der Waals surface area (Å²) < 4.78 is 32.0. The zero-order chi connectivity index (χ0) is 16.4. The normalized spacial score (nSPS) is 16.8. The molecule has 0 aromatic heterocycles. The molecule has 1 aliphatic rings. The van der Waals surface area contributed by atoms with Crippen LogP contribution in [0.3, 0.4) is 0 Å². The van der Waals surface area contributed by atoms with E-state index in [1.54, 1.807) is 18.2 Å². The SMILES string of the molecule is O=[N+]([O-])c1cccc(N(C[C@@H]2CO2)S(=O)(=O)c2ccccc2)c1. The van der Waals surface area contributed by atoms with Gasteiger partial charge in [0.2, 0.25) is 0 Å². The third-order valence-corrected chi connectivity index (χ3v) is 5.24. The molecule has 1 aliphatic heterocycles. The number of sulfonamides is 1. The van der Waals surface area contributed by atoms with Crippen LogP contribution in [0, 0.1) is 10.1 Å². The van der Waals surface area contributed by atoms with E-state index >= 15 is 0 Å². The molecule has 1 atom stereocenters. The molecule has 2 aromatic carbocycles. The summed E-state index contributed by atoms with van der Waals surface area (Å²) in [6, 6.07) is 13.6. The molecular weight excluding hydrogens is 320 g/mol. The molecule has 0 radical (unpaired) electrons. The Balaban J connectivity index is 2.04. The number of hydrogen-bond donors (Lipinski definition) is 0. The third kappa shape index (κ3) is 3.33. The summed E-state index contributed by atoms with van der Waals surface area (Å²) in [6.45, 7) is 0.605. The molecule has 7 nitrogen and oxygen atoms in total. The number of epoxide rings is 1. The van der Waals surface area contributed by atoms with Crippen molar-refractivity contribution in [2.75, 3.05) is 17.5 Å². The second-order valence-electron chi connectivity index (χ2n) is 5.08. The molecule has 0 spiro atoms. The summed E-state index contributed by atoms with van der Waals surface area (Å²) in [5.74, 6) is 0. The monoisotopic (exact) mass is 334 g/mol. The second kappa shape index (κ2) is 5.98. The van der Waals surface area contributed by atoms with Crippen LogP contribution in [0.2, 0.25) is 0 Å². The lowest BCUT2D eigenvalue weighted by molar-refractivity contribution is -0.384. The Hall–Kier alpha value is -2.45. The van der Waals surface area contributed by atoms with Crippen molar-refractivity contribution in [1.29, 1.82) is 0 Å². The fourth-order valence-electron chi connectivity index (χ4n) is 2.18. The predicted molar refractivity (Wildman–Crippen MR) is 83.8 cm³/mol. The predicted octanol–water partition coefficient (Wildman–Crippen LogP) is 2.19. The number of non-ortho nitro benzene ring substituents is 1. The van der Waals surface area contributed by atoms with Gasteiger partial charge in [0, 0.05) is 12.1 Å². The second-order valence-corrected chi connectivity index (χ2v) is 6.94. The van der Waals surface area contributed by atoms with Crippen LogP contribution >= 0.6 is 0 Å². The molecule has 1 heterocycles. The standard InChI is InChI=1S/C15H14N2O5S/c18-17(19)13-6-4-5-12(9-13)16(10-14-11-22-14)23(20,21)15-7-2-1-3-8-15/h1-9,14H,10-11H2/t14-/m1/s1. The summed E-state index contributed by atoms with van der Waals surface area (Å²) in [4.78, 5) is 10.5. The molecule has 0 aliphatic carbocycles. The van der Waals surface area contributed by atoms with Crippen molar-refractivity contribution in [2.24, 2.45) is 0 Å². The number of nitro groups is 1. The van der Waals surface area contributed by atoms with Crippen LogP contribution in [0.15, 0.2) is 59.5 Å². The van der Waals surface area contributed by atoms with E-state index in [0.29, 0.717) is 6.61 Å². The highest BCUT2D eigenvalue weighted by molar-refractivity contribution is 7.92. The van der Waals surface area contributed by atoms with Crippen molar-refractivity contribution >= 4 is 21.4 Å². The number of nitrogens with zero attached hydrogens (tertiary/aromatic N) is 2. The van der Waals surface area contributed by atoms with Crippen LogP contribution in [-0.2, 0) is 14.8 Å². The van der Waals surface area contributed by atoms with Crippen LogP contribution in [0.4, 0.5) is 11.4 Å². The molecule has 23 heavy (non-hydrogen) atoms. The lowest BCUT2D eigenvalue weighted by atomic mass is 10.3. The van der Waals surface area contributed by atoms with Gasteiger partial charge < -0.3 is 4.74 Å². The molecule has 0 amide bonds. The van der Waals surface area contributed by atoms with Gasteiger partial charge in [0.15, 0.2) is 0 Å². The number of nitro benzene ring substituents is 1. The van der Waals surface area contributed by atoms with Crippen molar-refractivity contribution in [2.45, 2.75) is 11.0 Å². The molecule has 3 rings (SSSR count). The van der Waals surface area contributed by atoms with Crippen LogP contribution in [-0.4, -0.2) is 32.6 Å². The average molecular weight is 334 g/mol. The van der Waals surface area contributed by atoms with Crippen molar-refractivity contribution in [1.82, 2.24) is 0 Å². The zero-order valence-corrected chi connectivity index (χ0v) is 12.8. The number of ether oxygens (including phenoxy) is 1. The maximum absolute atomic E-state index is 12.9. The fourth-order valence-corrected chi connectivity index (χ4v) is 3.69. The number of rotatable bonds is 6. The molecule has 1 fully saturated rings. The minimum Gasteiger partial charge on any atom is -0.371 e. The lowest BCUT2D eigenvalue weighted by Crippen LogP contribution is -2.34. The van der Waals surface area contributed by atoms with Crippen LogP contribution in [0.25, 0.3) is 0 Å². The first kappa shape index (κ1) is 15.4. The number of hydrogen-bond acceptors (Lipinski definition) is 5. The van der Waals surface area contributed by atoms with Gasteiger partial charge in [0.1, 0.15) is 0 Å². The molecular formula is C15H14N2O5S. The maximum Gasteiger partial charge on any atom is 0.271 e. The summed E-state index contributed by atoms with van der Waals surface area (Å²) in [6.07, 6.45) is -0.187. The number of anilines is 1. The highest BCUT2D eigenvalue weighted by Crippen LogP contribution is 2.28. The maximum atomic E-state index is 12.9. The highest BCUT2D eigenvalue weighted by atomic mass is 32.2. The number of benzene rings is 2. The molecule has 0 unspecified atom stereocenters. The summed E-state index contributed by atoms with van der Waals surface area (Å²) in [5, 5.41) is 10.9. The molecule has 120 valence electrons. The minimum absolute atomic E-state index is 0.123. The van der Waals surface area contributed by atoms with E-state index in [1.165, 1.54) is 36.4 Å². The van der Waals surface area contributed by atoms with Gasteiger partial charge in [-0.15, -0.1) is 0 Å². The van der Waals surface area contributed by atoms with Crippen molar-refractivity contribution < 1.29 is 18.1 Å². The molecule has 0 saturated carbocycles. The largest absolute Gasteiger partial charge is 0.371 e. The zero-order valence-electron chi connectivity index (χ0n) is 12.0. The first-order valence-electron chi connectivity index (χ1n) is 6.92. The van der Waals surface area contributed by atoms with Gasteiger partial charge in [0.25, 0.3) is 15.7 Å². The summed E-state index contributed by atoms with van der Waals surface area (Å²) >= 11 is 0. The smallest absolute Gasteiger partial charge is 0.271 e. The Bertz CT molecular complexity index is 819. The van der Waals surface area contributed by atoms with E-state index in [-0.39, 0.29) is 28.9 Å². The van der Waals surface area contributed by atoms with Gasteiger partial charge in [0.05, 0.1) is 34.8 Å². The summed E-state index contributed by atoms with van der Waals surface area (Å²) in [7, 11) is -3.82. The Kier molecular flexibility index (Phi) is 4.01. The quantitative estimate of drug-likeness (QED) is 0.458. The van der Waals surface area contributed by atoms with Crippen LogP contribution < -0.4 is 4.31 Å². The van der Waals surface area contributed by atoms with Gasteiger partial charge in [-0.05, 0) is 18.2 Å². The summed E-state index contributed by atoms with van der Waals surface area (Å²) in [5.41, 5.74) is 0.0889. The lowest BCUT2D eigenvalue weighted by Gasteiger charge is -2.23. The molecule has 0 bridgehead atoms. The first-order valence-corrected chi connectivity index (χ1v) is 8.36. The Morgan fingerprint density at radius 2 is 1.87 bits per heavy atom. The van der Waals surface area contributed by atoms with Gasteiger partial charge in [-0.2, -0.15) is 0 Å². The van der Waals surface area contributed by atoms with Crippen LogP contribution in [0.1, 0.15) is 0 Å². The fraction of sp³-hybridized carbons (Fsp3) is 0.200. The van der Waals surface area contributed by atoms with Gasteiger partial charge in [-0.3, -0.25) is 14.4 Å². The minimum atomic E-state index is -3.82. The highest BCUT2D eigenvalue weighted by Gasteiger charge is 2.33. The van der Waals surface area contributed by atoms with Crippen molar-refractivity contribution in [3.63, 3.8) is 0 Å². The van der Waals surface area contributed by atoms with Gasteiger partial charge in [-0.25, -0.2) is 8.42 Å². The molecule has 1 saturated heterocycles. The van der Waals surface area contributed by atoms with E-state index in [2.05, 4.69) is 0 Å². The van der Waals surface area contributed by atoms with E-state index in [0.717, 1.165) is 4.31 Å². The van der Waals surface area contributed by atoms with E-state index < -0.39 is 14.9 Å². The average Bonchev–Trinajstić information content (AvgIpc) is 3.37. The van der Waals surface area contributed by atoms with Crippen molar-refractivity contribution in [3.8, 4) is 0 Å². The molecule has 0 N–H and O–H groups in total. The van der Waals surface area contributed by atoms with E-state index in [9.17, 15) is 18.5 Å². The van der Waals surface area contributed by atoms with Gasteiger partial charge in [-0.1, -0.05) is 24.3 Å². The van der Waals surface area contributed by atoms with Gasteiger partial charge >= 0.3 is 0 Å².